The van der Waals surface area contributed by atoms with Crippen molar-refractivity contribution in [2.75, 3.05) is 26.2 Å². The number of rotatable bonds is 3. The summed E-state index contributed by atoms with van der Waals surface area (Å²) in [5.41, 5.74) is 0.0541. The van der Waals surface area contributed by atoms with Crippen LogP contribution in [0.5, 0.6) is 0 Å². The van der Waals surface area contributed by atoms with E-state index in [2.05, 4.69) is 4.90 Å². The molecule has 0 radical (unpaired) electrons. The summed E-state index contributed by atoms with van der Waals surface area (Å²) in [6.45, 7) is 3.00. The van der Waals surface area contributed by atoms with Gasteiger partial charge in [0.2, 0.25) is 0 Å². The normalized spacial score (nSPS) is 22.3. The second-order valence-corrected chi connectivity index (χ2v) is 7.25. The monoisotopic (exact) mass is 378 g/mol. The zero-order chi connectivity index (χ0) is 19.1. The van der Waals surface area contributed by atoms with E-state index in [1.165, 1.54) is 10.5 Å². The molecule has 2 aliphatic rings. The first kappa shape index (κ1) is 18.0. The van der Waals surface area contributed by atoms with Crippen LogP contribution in [0.4, 0.5) is 17.6 Å². The van der Waals surface area contributed by atoms with Crippen LogP contribution in [-0.2, 0) is 6.54 Å². The maximum Gasteiger partial charge on any atom is 0.260 e. The molecule has 0 spiro atoms. The molecule has 0 saturated carbocycles. The average molecular weight is 378 g/mol. The Bertz CT molecular complexity index is 834. The number of halogens is 4. The number of fused-ring (bicyclic) bond motifs is 1. The highest BCUT2D eigenvalue weighted by atomic mass is 19.2. The fourth-order valence-electron chi connectivity index (χ4n) is 4.15. The molecule has 2 aliphatic heterocycles. The fourth-order valence-corrected chi connectivity index (χ4v) is 4.15. The number of likely N-dealkylation sites (tertiary alicyclic amines) is 2. The molecule has 142 valence electrons. The third-order valence-electron chi connectivity index (χ3n) is 5.42. The summed E-state index contributed by atoms with van der Waals surface area (Å²) >= 11 is 0. The molecule has 2 fully saturated rings. The molecule has 0 aliphatic carbocycles. The Labute approximate surface area is 154 Å². The molecular formula is C20H18F4N2O. The van der Waals surface area contributed by atoms with Gasteiger partial charge in [-0.05, 0) is 17.4 Å². The van der Waals surface area contributed by atoms with Crippen LogP contribution in [0.2, 0.25) is 0 Å². The van der Waals surface area contributed by atoms with E-state index in [0.29, 0.717) is 13.1 Å². The van der Waals surface area contributed by atoms with E-state index in [0.717, 1.165) is 19.6 Å². The van der Waals surface area contributed by atoms with Crippen molar-refractivity contribution < 1.29 is 22.4 Å². The van der Waals surface area contributed by atoms with Gasteiger partial charge in [0.15, 0.2) is 23.3 Å². The quantitative estimate of drug-likeness (QED) is 0.603. The second kappa shape index (κ2) is 6.96. The summed E-state index contributed by atoms with van der Waals surface area (Å²) in [4.78, 5) is 16.1. The van der Waals surface area contributed by atoms with Gasteiger partial charge in [0, 0.05) is 38.8 Å². The van der Waals surface area contributed by atoms with Crippen LogP contribution >= 0.6 is 0 Å². The van der Waals surface area contributed by atoms with Gasteiger partial charge in [-0.3, -0.25) is 9.69 Å². The smallest absolute Gasteiger partial charge is 0.260 e. The van der Waals surface area contributed by atoms with Gasteiger partial charge in [-0.15, -0.1) is 0 Å². The van der Waals surface area contributed by atoms with Crippen LogP contribution in [0, 0.1) is 35.1 Å². The van der Waals surface area contributed by atoms with Crippen LogP contribution < -0.4 is 0 Å². The van der Waals surface area contributed by atoms with Crippen molar-refractivity contribution in [2.24, 2.45) is 11.8 Å². The minimum Gasteiger partial charge on any atom is -0.338 e. The Hall–Kier alpha value is -2.41. The molecule has 7 heteroatoms. The van der Waals surface area contributed by atoms with Crippen LogP contribution in [0.3, 0.4) is 0 Å². The van der Waals surface area contributed by atoms with Gasteiger partial charge in [0.05, 0.1) is 0 Å². The van der Waals surface area contributed by atoms with Crippen molar-refractivity contribution in [3.05, 3.63) is 70.8 Å². The predicted octanol–water partition coefficient (Wildman–Crippen LogP) is 3.45. The Balaban J connectivity index is 1.44. The van der Waals surface area contributed by atoms with Crippen molar-refractivity contribution in [1.82, 2.24) is 9.80 Å². The van der Waals surface area contributed by atoms with Crippen LogP contribution in [-0.4, -0.2) is 41.9 Å². The van der Waals surface area contributed by atoms with E-state index in [4.69, 9.17) is 0 Å². The number of benzene rings is 2. The molecule has 3 nitrogen and oxygen atoms in total. The summed E-state index contributed by atoms with van der Waals surface area (Å²) in [6, 6.07) is 10.1. The topological polar surface area (TPSA) is 23.6 Å². The third-order valence-corrected chi connectivity index (χ3v) is 5.42. The van der Waals surface area contributed by atoms with E-state index in [1.54, 1.807) is 0 Å². The van der Waals surface area contributed by atoms with E-state index < -0.39 is 34.7 Å². The Morgan fingerprint density at radius 3 is 2.00 bits per heavy atom. The number of carbonyl (C=O) groups is 1. The van der Waals surface area contributed by atoms with Crippen molar-refractivity contribution >= 4 is 5.91 Å². The molecule has 0 aromatic heterocycles. The van der Waals surface area contributed by atoms with Gasteiger partial charge in [-0.1, -0.05) is 30.3 Å². The summed E-state index contributed by atoms with van der Waals surface area (Å²) in [7, 11) is 0. The van der Waals surface area contributed by atoms with Crippen molar-refractivity contribution in [2.45, 2.75) is 6.54 Å². The summed E-state index contributed by atoms with van der Waals surface area (Å²) in [5, 5.41) is 0. The van der Waals surface area contributed by atoms with Gasteiger partial charge in [-0.2, -0.15) is 0 Å². The van der Waals surface area contributed by atoms with Gasteiger partial charge in [0.1, 0.15) is 5.56 Å². The Morgan fingerprint density at radius 2 is 1.44 bits per heavy atom. The van der Waals surface area contributed by atoms with Crippen molar-refractivity contribution in [1.29, 1.82) is 0 Å². The minimum atomic E-state index is -1.64. The maximum atomic E-state index is 13.9. The molecule has 0 unspecified atom stereocenters. The molecule has 4 rings (SSSR count). The third kappa shape index (κ3) is 3.32. The lowest BCUT2D eigenvalue weighted by atomic mass is 10.0. The first-order valence-corrected chi connectivity index (χ1v) is 8.82. The molecule has 0 N–H and O–H groups in total. The number of hydrogen-bond acceptors (Lipinski definition) is 2. The summed E-state index contributed by atoms with van der Waals surface area (Å²) in [6.07, 6.45) is 0. The number of hydrogen-bond donors (Lipinski definition) is 0. The number of nitrogens with zero attached hydrogens (tertiary/aromatic N) is 2. The van der Waals surface area contributed by atoms with E-state index in [1.807, 2.05) is 30.3 Å². The fraction of sp³-hybridized carbons (Fsp3) is 0.350. The lowest BCUT2D eigenvalue weighted by Crippen LogP contribution is -2.34. The molecule has 2 aromatic carbocycles. The lowest BCUT2D eigenvalue weighted by molar-refractivity contribution is 0.0761. The first-order chi connectivity index (χ1) is 12.9. The standard InChI is InChI=1S/C20H18F4N2O/c21-15-6-16(22)19(24)17(18(15)23)20(27)26-10-13-8-25(9-14(13)11-26)7-12-4-2-1-3-5-12/h1-6,13-14H,7-11H2/t13-,14+. The summed E-state index contributed by atoms with van der Waals surface area (Å²) < 4.78 is 54.6. The van der Waals surface area contributed by atoms with Gasteiger partial charge < -0.3 is 4.90 Å². The number of amides is 1. The van der Waals surface area contributed by atoms with Gasteiger partial charge >= 0.3 is 0 Å². The predicted molar refractivity (Wildman–Crippen MR) is 90.9 cm³/mol. The largest absolute Gasteiger partial charge is 0.338 e. The molecular weight excluding hydrogens is 360 g/mol. The molecule has 2 aromatic rings. The SMILES string of the molecule is O=C(c1c(F)c(F)cc(F)c1F)N1C[C@H]2CN(Cc3ccccc3)C[C@H]2C1. The van der Waals surface area contributed by atoms with Gasteiger partial charge in [0.25, 0.3) is 5.91 Å². The highest BCUT2D eigenvalue weighted by Crippen LogP contribution is 2.33. The Kier molecular flexibility index (Phi) is 4.63. The van der Waals surface area contributed by atoms with Crippen LogP contribution in [0.1, 0.15) is 15.9 Å². The molecule has 2 saturated heterocycles. The van der Waals surface area contributed by atoms with Crippen molar-refractivity contribution in [3.8, 4) is 0 Å². The number of carbonyl (C=O) groups excluding carboxylic acids is 1. The molecule has 2 heterocycles. The lowest BCUT2D eigenvalue weighted by Gasteiger charge is -2.22. The zero-order valence-corrected chi connectivity index (χ0v) is 14.5. The van der Waals surface area contributed by atoms with E-state index in [9.17, 15) is 22.4 Å². The molecule has 27 heavy (non-hydrogen) atoms. The van der Waals surface area contributed by atoms with Crippen LogP contribution in [0.15, 0.2) is 36.4 Å². The Morgan fingerprint density at radius 1 is 0.889 bits per heavy atom. The van der Waals surface area contributed by atoms with Crippen LogP contribution in [0.25, 0.3) is 0 Å². The molecule has 2 atom stereocenters. The van der Waals surface area contributed by atoms with Gasteiger partial charge in [-0.25, -0.2) is 17.6 Å². The maximum absolute atomic E-state index is 13.9. The van der Waals surface area contributed by atoms with Crippen molar-refractivity contribution in [3.63, 3.8) is 0 Å². The average Bonchev–Trinajstić information content (AvgIpc) is 3.19. The second-order valence-electron chi connectivity index (χ2n) is 7.25. The van der Waals surface area contributed by atoms with E-state index >= 15 is 0 Å². The minimum absolute atomic E-state index is 0.113. The first-order valence-electron chi connectivity index (χ1n) is 8.82. The highest BCUT2D eigenvalue weighted by Gasteiger charge is 2.42. The molecule has 1 amide bonds. The summed E-state index contributed by atoms with van der Waals surface area (Å²) in [5.74, 6) is -7.03. The molecule has 0 bridgehead atoms. The highest BCUT2D eigenvalue weighted by molar-refractivity contribution is 5.95. The zero-order valence-electron chi connectivity index (χ0n) is 14.5. The van der Waals surface area contributed by atoms with E-state index in [-0.39, 0.29) is 17.9 Å².